The van der Waals surface area contributed by atoms with Crippen molar-refractivity contribution in [2.45, 2.75) is 18.7 Å². The number of alkyl halides is 3. The molecule has 0 bridgehead atoms. The van der Waals surface area contributed by atoms with E-state index in [1.807, 2.05) is 30.6 Å². The number of ether oxygens (including phenoxy) is 1. The number of benzene rings is 1. The third-order valence-electron chi connectivity index (χ3n) is 5.44. The molecule has 1 atom stereocenters. The minimum absolute atomic E-state index is 0.0183. The van der Waals surface area contributed by atoms with Gasteiger partial charge in [0.2, 0.25) is 5.82 Å². The predicted molar refractivity (Wildman–Crippen MR) is 125 cm³/mol. The summed E-state index contributed by atoms with van der Waals surface area (Å²) >= 11 is 1.61. The number of nitrogens with one attached hydrogen (secondary N) is 1. The molecule has 0 saturated heterocycles. The second-order valence-corrected chi connectivity index (χ2v) is 8.80. The zero-order chi connectivity index (χ0) is 24.3. The van der Waals surface area contributed by atoms with Gasteiger partial charge in [-0.15, -0.1) is 11.3 Å². The molecule has 0 fully saturated rings. The molecule has 1 N–H and O–H groups in total. The number of fused-ring (bicyclic) bond motifs is 1. The maximum Gasteiger partial charge on any atom is 0.451 e. The highest BCUT2D eigenvalue weighted by atomic mass is 32.1. The Morgan fingerprint density at radius 2 is 2.06 bits per heavy atom. The van der Waals surface area contributed by atoms with Gasteiger partial charge in [-0.25, -0.2) is 9.97 Å². The van der Waals surface area contributed by atoms with Crippen molar-refractivity contribution in [1.29, 1.82) is 0 Å². The third kappa shape index (κ3) is 5.15. The monoisotopic (exact) mass is 491 g/mol. The van der Waals surface area contributed by atoms with Crippen molar-refractivity contribution in [3.8, 4) is 5.75 Å². The Morgan fingerprint density at radius 3 is 2.76 bits per heavy atom. The summed E-state index contributed by atoms with van der Waals surface area (Å²) in [5.74, 6) is -1.17. The summed E-state index contributed by atoms with van der Waals surface area (Å²) in [5.41, 5.74) is 0.604. The first-order valence-corrected chi connectivity index (χ1v) is 11.6. The van der Waals surface area contributed by atoms with E-state index in [1.165, 1.54) is 9.80 Å². The smallest absolute Gasteiger partial charge is 0.451 e. The van der Waals surface area contributed by atoms with Gasteiger partial charge < -0.3 is 19.9 Å². The van der Waals surface area contributed by atoms with Gasteiger partial charge in [-0.05, 0) is 37.2 Å². The molecule has 0 aliphatic carbocycles. The van der Waals surface area contributed by atoms with E-state index in [0.29, 0.717) is 18.0 Å². The minimum Gasteiger partial charge on any atom is -0.485 e. The zero-order valence-electron chi connectivity index (χ0n) is 18.7. The summed E-state index contributed by atoms with van der Waals surface area (Å²) in [6.07, 6.45) is -3.12. The molecular formula is C23H24F3N5O2S. The number of likely N-dealkylation sites (N-methyl/N-ethyl adjacent to an activating group) is 1. The van der Waals surface area contributed by atoms with Crippen LogP contribution in [-0.2, 0) is 6.18 Å². The van der Waals surface area contributed by atoms with E-state index in [2.05, 4.69) is 15.3 Å². The SMILES string of the molecule is CNCCC(Oc1cccc(N2CCN(C)c3nc(C(F)(F)F)ncc3C2=O)c1)c1cccs1. The molecule has 1 aromatic carbocycles. The normalized spacial score (nSPS) is 15.1. The molecule has 3 aromatic rings. The first-order valence-electron chi connectivity index (χ1n) is 10.7. The number of hydrogen-bond acceptors (Lipinski definition) is 7. The summed E-state index contributed by atoms with van der Waals surface area (Å²) in [6.45, 7) is 1.35. The van der Waals surface area contributed by atoms with Crippen molar-refractivity contribution < 1.29 is 22.7 Å². The van der Waals surface area contributed by atoms with Crippen molar-refractivity contribution in [1.82, 2.24) is 15.3 Å². The lowest BCUT2D eigenvalue weighted by molar-refractivity contribution is -0.144. The number of nitrogens with zero attached hydrogens (tertiary/aromatic N) is 4. The molecule has 1 aliphatic heterocycles. The molecule has 2 aromatic heterocycles. The third-order valence-corrected chi connectivity index (χ3v) is 6.41. The van der Waals surface area contributed by atoms with Crippen LogP contribution >= 0.6 is 11.3 Å². The quantitative estimate of drug-likeness (QED) is 0.529. The Hall–Kier alpha value is -3.18. The molecule has 0 spiro atoms. The highest BCUT2D eigenvalue weighted by molar-refractivity contribution is 7.10. The van der Waals surface area contributed by atoms with Crippen molar-refractivity contribution >= 4 is 28.7 Å². The lowest BCUT2D eigenvalue weighted by atomic mass is 10.2. The fraction of sp³-hybridized carbons (Fsp3) is 0.348. The van der Waals surface area contributed by atoms with Gasteiger partial charge in [0.25, 0.3) is 5.91 Å². The number of hydrogen-bond donors (Lipinski definition) is 1. The summed E-state index contributed by atoms with van der Waals surface area (Å²) in [4.78, 5) is 24.5. The van der Waals surface area contributed by atoms with E-state index in [-0.39, 0.29) is 24.0 Å². The average molecular weight is 492 g/mol. The van der Waals surface area contributed by atoms with Gasteiger partial charge in [0, 0.05) is 49.4 Å². The van der Waals surface area contributed by atoms with Gasteiger partial charge >= 0.3 is 6.18 Å². The molecule has 0 radical (unpaired) electrons. The fourth-order valence-electron chi connectivity index (χ4n) is 3.70. The molecule has 3 heterocycles. The van der Waals surface area contributed by atoms with Crippen molar-refractivity contribution in [3.05, 3.63) is 64.2 Å². The van der Waals surface area contributed by atoms with Gasteiger partial charge in [0.15, 0.2) is 0 Å². The summed E-state index contributed by atoms with van der Waals surface area (Å²) in [7, 11) is 3.49. The Morgan fingerprint density at radius 1 is 1.24 bits per heavy atom. The fourth-order valence-corrected chi connectivity index (χ4v) is 4.49. The van der Waals surface area contributed by atoms with Gasteiger partial charge in [-0.1, -0.05) is 12.1 Å². The molecule has 11 heteroatoms. The zero-order valence-corrected chi connectivity index (χ0v) is 19.5. The van der Waals surface area contributed by atoms with E-state index in [0.717, 1.165) is 24.0 Å². The lowest BCUT2D eigenvalue weighted by Crippen LogP contribution is -2.33. The van der Waals surface area contributed by atoms with Crippen LogP contribution in [0.5, 0.6) is 5.75 Å². The Bertz CT molecular complexity index is 1140. The van der Waals surface area contributed by atoms with Crippen LogP contribution in [0, 0.1) is 0 Å². The molecule has 0 saturated carbocycles. The number of halogens is 3. The number of carbonyl (C=O) groups is 1. The molecule has 1 aliphatic rings. The van der Waals surface area contributed by atoms with Crippen LogP contribution in [0.25, 0.3) is 0 Å². The number of carbonyl (C=O) groups excluding carboxylic acids is 1. The summed E-state index contributed by atoms with van der Waals surface area (Å²) < 4.78 is 45.6. The Balaban J connectivity index is 1.61. The number of anilines is 2. The number of rotatable bonds is 7. The molecule has 1 amide bonds. The van der Waals surface area contributed by atoms with Crippen LogP contribution in [0.2, 0.25) is 0 Å². The van der Waals surface area contributed by atoms with E-state index in [1.54, 1.807) is 36.6 Å². The molecule has 180 valence electrons. The average Bonchev–Trinajstić information content (AvgIpc) is 3.32. The highest BCUT2D eigenvalue weighted by Crippen LogP contribution is 2.33. The van der Waals surface area contributed by atoms with Crippen LogP contribution in [0.3, 0.4) is 0 Å². The molecule has 34 heavy (non-hydrogen) atoms. The lowest BCUT2D eigenvalue weighted by Gasteiger charge is -2.23. The van der Waals surface area contributed by atoms with Gasteiger partial charge in [-0.3, -0.25) is 4.79 Å². The van der Waals surface area contributed by atoms with Gasteiger partial charge in [-0.2, -0.15) is 13.2 Å². The maximum absolute atomic E-state index is 13.3. The van der Waals surface area contributed by atoms with Crippen LogP contribution in [0.4, 0.5) is 24.7 Å². The van der Waals surface area contributed by atoms with Gasteiger partial charge in [0.1, 0.15) is 23.2 Å². The Labute approximate surface area is 199 Å². The summed E-state index contributed by atoms with van der Waals surface area (Å²) in [5, 5.41) is 5.13. The van der Waals surface area contributed by atoms with E-state index in [4.69, 9.17) is 4.74 Å². The van der Waals surface area contributed by atoms with E-state index in [9.17, 15) is 18.0 Å². The molecule has 7 nitrogen and oxygen atoms in total. The van der Waals surface area contributed by atoms with Crippen molar-refractivity contribution in [3.63, 3.8) is 0 Å². The molecule has 4 rings (SSSR count). The van der Waals surface area contributed by atoms with Crippen LogP contribution in [-0.4, -0.2) is 49.6 Å². The topological polar surface area (TPSA) is 70.6 Å². The van der Waals surface area contributed by atoms with E-state index >= 15 is 0 Å². The van der Waals surface area contributed by atoms with E-state index < -0.39 is 17.9 Å². The van der Waals surface area contributed by atoms with Crippen LogP contribution in [0.15, 0.2) is 48.0 Å². The number of thiophene rings is 1. The first kappa shape index (κ1) is 24.0. The predicted octanol–water partition coefficient (Wildman–Crippen LogP) is 4.38. The van der Waals surface area contributed by atoms with Crippen LogP contribution in [0.1, 0.15) is 33.6 Å². The molecular weight excluding hydrogens is 467 g/mol. The second kappa shape index (κ2) is 9.98. The number of amides is 1. The Kier molecular flexibility index (Phi) is 7.03. The highest BCUT2D eigenvalue weighted by Gasteiger charge is 2.37. The van der Waals surface area contributed by atoms with Crippen LogP contribution < -0.4 is 19.9 Å². The summed E-state index contributed by atoms with van der Waals surface area (Å²) in [6, 6.07) is 11.2. The van der Waals surface area contributed by atoms with Crippen molar-refractivity contribution in [2.75, 3.05) is 43.5 Å². The van der Waals surface area contributed by atoms with Crippen molar-refractivity contribution in [2.24, 2.45) is 0 Å². The number of aromatic nitrogens is 2. The first-order chi connectivity index (χ1) is 16.3. The minimum atomic E-state index is -4.69. The largest absolute Gasteiger partial charge is 0.485 e. The second-order valence-electron chi connectivity index (χ2n) is 7.82. The standard InChI is InChI=1S/C23H24F3N5O2S/c1-27-9-8-18(19-7-4-12-34-19)33-16-6-3-5-15(13-16)31-11-10-30(2)20-17(21(31)32)14-28-22(29-20)23(24,25)26/h3-7,12-14,18,27H,8-11H2,1-2H3. The molecule has 1 unspecified atom stereocenters. The maximum atomic E-state index is 13.3. The van der Waals surface area contributed by atoms with Gasteiger partial charge in [0.05, 0.1) is 0 Å².